The van der Waals surface area contributed by atoms with Gasteiger partial charge in [0.15, 0.2) is 0 Å². The maximum Gasteiger partial charge on any atom is 0.137 e. The molecule has 0 unspecified atom stereocenters. The third-order valence-corrected chi connectivity index (χ3v) is 4.47. The molecule has 5 heteroatoms. The quantitative estimate of drug-likeness (QED) is 0.619. The van der Waals surface area contributed by atoms with Crippen molar-refractivity contribution in [3.63, 3.8) is 0 Å². The SMILES string of the molecule is Cn1cc(-c2c[nH]c3ncc(Sc4ccccc4)cc23)cn1. The summed E-state index contributed by atoms with van der Waals surface area (Å²) in [5.74, 6) is 0. The topological polar surface area (TPSA) is 46.5 Å². The molecule has 22 heavy (non-hydrogen) atoms. The van der Waals surface area contributed by atoms with Crippen molar-refractivity contribution in [2.45, 2.75) is 9.79 Å². The standard InChI is InChI=1S/C17H14N4S/c1-21-11-12(8-20-21)16-10-19-17-15(16)7-14(9-18-17)22-13-5-3-2-4-6-13/h2-11H,1H3,(H,18,19). The number of hydrogen-bond donors (Lipinski definition) is 1. The summed E-state index contributed by atoms with van der Waals surface area (Å²) >= 11 is 1.72. The molecule has 0 aliphatic rings. The van der Waals surface area contributed by atoms with E-state index in [0.29, 0.717) is 0 Å². The van der Waals surface area contributed by atoms with E-state index >= 15 is 0 Å². The summed E-state index contributed by atoms with van der Waals surface area (Å²) in [6.45, 7) is 0. The van der Waals surface area contributed by atoms with Gasteiger partial charge in [0.05, 0.1) is 6.20 Å². The number of nitrogens with one attached hydrogen (secondary N) is 1. The highest BCUT2D eigenvalue weighted by Crippen LogP contribution is 2.33. The number of rotatable bonds is 3. The van der Waals surface area contributed by atoms with Gasteiger partial charge in [0, 0.05) is 51.9 Å². The average molecular weight is 306 g/mol. The van der Waals surface area contributed by atoms with Gasteiger partial charge in [-0.3, -0.25) is 4.68 Å². The number of benzene rings is 1. The lowest BCUT2D eigenvalue weighted by Gasteiger charge is -2.02. The number of hydrogen-bond acceptors (Lipinski definition) is 3. The Hall–Kier alpha value is -2.53. The summed E-state index contributed by atoms with van der Waals surface area (Å²) in [6.07, 6.45) is 7.79. The zero-order chi connectivity index (χ0) is 14.9. The van der Waals surface area contributed by atoms with Gasteiger partial charge in [-0.05, 0) is 18.2 Å². The summed E-state index contributed by atoms with van der Waals surface area (Å²) in [6, 6.07) is 12.5. The molecule has 0 saturated carbocycles. The van der Waals surface area contributed by atoms with Crippen LogP contribution in [0.3, 0.4) is 0 Å². The minimum Gasteiger partial charge on any atom is -0.346 e. The molecule has 0 aliphatic heterocycles. The predicted molar refractivity (Wildman–Crippen MR) is 88.9 cm³/mol. The van der Waals surface area contributed by atoms with E-state index in [2.05, 4.69) is 33.3 Å². The van der Waals surface area contributed by atoms with Crippen molar-refractivity contribution >= 4 is 22.8 Å². The first kappa shape index (κ1) is 13.2. The number of H-pyrrole nitrogens is 1. The molecule has 0 aliphatic carbocycles. The molecule has 4 aromatic rings. The molecule has 0 amide bonds. The Bertz CT molecular complexity index is 924. The second kappa shape index (κ2) is 5.35. The lowest BCUT2D eigenvalue weighted by Crippen LogP contribution is -1.84. The van der Waals surface area contributed by atoms with Crippen molar-refractivity contribution in [2.75, 3.05) is 0 Å². The molecular formula is C17H14N4S. The van der Waals surface area contributed by atoms with Crippen LogP contribution in [0.25, 0.3) is 22.2 Å². The van der Waals surface area contributed by atoms with Crippen LogP contribution in [0.5, 0.6) is 0 Å². The van der Waals surface area contributed by atoms with Crippen LogP contribution in [-0.4, -0.2) is 19.7 Å². The Morgan fingerprint density at radius 2 is 1.95 bits per heavy atom. The molecule has 0 radical (unpaired) electrons. The molecule has 4 rings (SSSR count). The first-order chi connectivity index (χ1) is 10.8. The molecule has 1 aromatic carbocycles. The zero-order valence-corrected chi connectivity index (χ0v) is 12.8. The fourth-order valence-electron chi connectivity index (χ4n) is 2.46. The van der Waals surface area contributed by atoms with Gasteiger partial charge in [-0.15, -0.1) is 0 Å². The number of nitrogens with zero attached hydrogens (tertiary/aromatic N) is 3. The highest BCUT2D eigenvalue weighted by molar-refractivity contribution is 7.99. The average Bonchev–Trinajstić information content (AvgIpc) is 3.14. The smallest absolute Gasteiger partial charge is 0.137 e. The second-order valence-electron chi connectivity index (χ2n) is 5.09. The van der Waals surface area contributed by atoms with Crippen molar-refractivity contribution < 1.29 is 0 Å². The third-order valence-electron chi connectivity index (χ3n) is 3.50. The van der Waals surface area contributed by atoms with Gasteiger partial charge in [0.2, 0.25) is 0 Å². The molecular weight excluding hydrogens is 292 g/mol. The fraction of sp³-hybridized carbons (Fsp3) is 0.0588. The van der Waals surface area contributed by atoms with Gasteiger partial charge >= 0.3 is 0 Å². The fourth-order valence-corrected chi connectivity index (χ4v) is 3.31. The number of aryl methyl sites for hydroxylation is 1. The van der Waals surface area contributed by atoms with Crippen molar-refractivity contribution in [1.29, 1.82) is 0 Å². The Morgan fingerprint density at radius 3 is 2.73 bits per heavy atom. The molecule has 0 spiro atoms. The minimum absolute atomic E-state index is 0.899. The first-order valence-corrected chi connectivity index (χ1v) is 7.80. The van der Waals surface area contributed by atoms with E-state index in [1.54, 1.807) is 11.8 Å². The van der Waals surface area contributed by atoms with Crippen LogP contribution in [0.15, 0.2) is 71.0 Å². The summed E-state index contributed by atoms with van der Waals surface area (Å²) in [5, 5.41) is 5.37. The van der Waals surface area contributed by atoms with Crippen LogP contribution in [0.2, 0.25) is 0 Å². The third kappa shape index (κ3) is 2.40. The van der Waals surface area contributed by atoms with Crippen LogP contribution in [0, 0.1) is 0 Å². The zero-order valence-electron chi connectivity index (χ0n) is 12.0. The van der Waals surface area contributed by atoms with E-state index in [-0.39, 0.29) is 0 Å². The Kier molecular flexibility index (Phi) is 3.20. The van der Waals surface area contributed by atoms with Crippen molar-refractivity contribution in [3.05, 3.63) is 61.2 Å². The molecule has 0 bridgehead atoms. The maximum atomic E-state index is 4.53. The highest BCUT2D eigenvalue weighted by atomic mass is 32.2. The lowest BCUT2D eigenvalue weighted by atomic mass is 10.1. The molecule has 4 nitrogen and oxygen atoms in total. The molecule has 1 N–H and O–H groups in total. The number of fused-ring (bicyclic) bond motifs is 1. The van der Waals surface area contributed by atoms with E-state index in [4.69, 9.17) is 0 Å². The molecule has 3 heterocycles. The van der Waals surface area contributed by atoms with E-state index in [1.807, 2.05) is 54.7 Å². The van der Waals surface area contributed by atoms with E-state index in [0.717, 1.165) is 27.1 Å². The molecule has 108 valence electrons. The number of aromatic amines is 1. The van der Waals surface area contributed by atoms with Crippen molar-refractivity contribution in [1.82, 2.24) is 19.7 Å². The normalized spacial score (nSPS) is 11.1. The Labute approximate surface area is 132 Å². The van der Waals surface area contributed by atoms with Crippen LogP contribution >= 0.6 is 11.8 Å². The predicted octanol–water partition coefficient (Wildman–Crippen LogP) is 4.11. The van der Waals surface area contributed by atoms with E-state index < -0.39 is 0 Å². The molecule has 3 aromatic heterocycles. The number of pyridine rings is 1. The van der Waals surface area contributed by atoms with E-state index in [1.165, 1.54) is 4.90 Å². The highest BCUT2D eigenvalue weighted by Gasteiger charge is 2.10. The van der Waals surface area contributed by atoms with Gasteiger partial charge in [-0.2, -0.15) is 5.10 Å². The van der Waals surface area contributed by atoms with Crippen molar-refractivity contribution in [3.8, 4) is 11.1 Å². The maximum absolute atomic E-state index is 4.53. The van der Waals surface area contributed by atoms with Crippen LogP contribution < -0.4 is 0 Å². The van der Waals surface area contributed by atoms with Crippen molar-refractivity contribution in [2.24, 2.45) is 7.05 Å². The first-order valence-electron chi connectivity index (χ1n) is 6.99. The molecule has 0 atom stereocenters. The van der Waals surface area contributed by atoms with E-state index in [9.17, 15) is 0 Å². The van der Waals surface area contributed by atoms with Crippen LogP contribution in [0.4, 0.5) is 0 Å². The Morgan fingerprint density at radius 1 is 1.09 bits per heavy atom. The summed E-state index contributed by atoms with van der Waals surface area (Å²) in [4.78, 5) is 10.1. The lowest BCUT2D eigenvalue weighted by molar-refractivity contribution is 0.768. The van der Waals surface area contributed by atoms with Gasteiger partial charge < -0.3 is 4.98 Å². The monoisotopic (exact) mass is 306 g/mol. The second-order valence-corrected chi connectivity index (χ2v) is 6.23. The Balaban J connectivity index is 1.76. The van der Waals surface area contributed by atoms with Gasteiger partial charge in [0.1, 0.15) is 5.65 Å². The minimum atomic E-state index is 0.899. The van der Waals surface area contributed by atoms with Gasteiger partial charge in [-0.25, -0.2) is 4.98 Å². The largest absolute Gasteiger partial charge is 0.346 e. The summed E-state index contributed by atoms with van der Waals surface area (Å²) in [7, 11) is 1.92. The summed E-state index contributed by atoms with van der Waals surface area (Å²) in [5.41, 5.74) is 3.12. The number of aromatic nitrogens is 4. The van der Waals surface area contributed by atoms with Crippen LogP contribution in [-0.2, 0) is 7.05 Å². The van der Waals surface area contributed by atoms with Gasteiger partial charge in [-0.1, -0.05) is 30.0 Å². The van der Waals surface area contributed by atoms with Gasteiger partial charge in [0.25, 0.3) is 0 Å². The molecule has 0 fully saturated rings. The van der Waals surface area contributed by atoms with Crippen LogP contribution in [0.1, 0.15) is 0 Å². The summed E-state index contributed by atoms with van der Waals surface area (Å²) < 4.78 is 1.81. The molecule has 0 saturated heterocycles.